The molecule has 0 radical (unpaired) electrons. The van der Waals surface area contributed by atoms with E-state index in [4.69, 9.17) is 13.1 Å². The Labute approximate surface area is 172 Å². The third-order valence-electron chi connectivity index (χ3n) is 4.24. The van der Waals surface area contributed by atoms with Crippen molar-refractivity contribution in [3.05, 3.63) is 65.7 Å². The number of hydrogen-bond acceptors (Lipinski definition) is 7. The van der Waals surface area contributed by atoms with E-state index >= 15 is 0 Å². The Morgan fingerprint density at radius 2 is 1.52 bits per heavy atom. The molecule has 0 heterocycles. The van der Waals surface area contributed by atoms with Crippen LogP contribution in [-0.4, -0.2) is 49.2 Å². The van der Waals surface area contributed by atoms with Gasteiger partial charge in [-0.25, -0.2) is 0 Å². The van der Waals surface area contributed by atoms with E-state index in [1.807, 2.05) is 54.6 Å². The minimum absolute atomic E-state index is 0.105. The van der Waals surface area contributed by atoms with E-state index in [1.165, 1.54) is 0 Å². The van der Waals surface area contributed by atoms with E-state index < -0.39 is 26.3 Å². The van der Waals surface area contributed by atoms with Gasteiger partial charge in [0.15, 0.2) is 0 Å². The Morgan fingerprint density at radius 3 is 2.10 bits per heavy atom. The van der Waals surface area contributed by atoms with Crippen molar-refractivity contribution in [2.45, 2.75) is 24.9 Å². The fourth-order valence-corrected chi connectivity index (χ4v) is 4.12. The van der Waals surface area contributed by atoms with Crippen LogP contribution in [0.1, 0.15) is 29.9 Å². The van der Waals surface area contributed by atoms with E-state index in [1.54, 1.807) is 7.11 Å². The van der Waals surface area contributed by atoms with Crippen LogP contribution in [-0.2, 0) is 28.6 Å². The summed E-state index contributed by atoms with van der Waals surface area (Å²) in [5.41, 5.74) is 1.91. The molecule has 0 saturated carbocycles. The summed E-state index contributed by atoms with van der Waals surface area (Å²) in [6, 6.07) is 17.1. The van der Waals surface area contributed by atoms with Gasteiger partial charge in [0.1, 0.15) is 5.75 Å². The molecule has 0 aliphatic rings. The topological polar surface area (TPSA) is 96.0 Å². The van der Waals surface area contributed by atoms with Crippen molar-refractivity contribution >= 4 is 20.2 Å². The molecule has 0 fully saturated rings. The summed E-state index contributed by atoms with van der Waals surface area (Å²) in [5, 5.41) is 0. The Kier molecular flexibility index (Phi) is 8.21. The molecule has 0 amide bonds. The normalized spacial score (nSPS) is 14.3. The van der Waals surface area contributed by atoms with Gasteiger partial charge in [0.05, 0.1) is 32.3 Å². The summed E-state index contributed by atoms with van der Waals surface area (Å²) >= 11 is 0. The van der Waals surface area contributed by atoms with Crippen molar-refractivity contribution in [2.75, 3.05) is 26.2 Å². The van der Waals surface area contributed by atoms with Gasteiger partial charge in [-0.05, 0) is 36.1 Å². The molecule has 0 N–H and O–H groups in total. The molecule has 2 rings (SSSR count). The maximum absolute atomic E-state index is 11.8. The molecule has 2 unspecified atom stereocenters. The number of rotatable bonds is 11. The quantitative estimate of drug-likeness (QED) is 0.494. The Hall–Kier alpha value is -1.94. The number of benzene rings is 2. The average Bonchev–Trinajstić information content (AvgIpc) is 2.64. The maximum Gasteiger partial charge on any atom is 0.264 e. The van der Waals surface area contributed by atoms with Gasteiger partial charge >= 0.3 is 0 Å². The van der Waals surface area contributed by atoms with Gasteiger partial charge in [-0.3, -0.25) is 8.37 Å². The number of ether oxygens (including phenoxy) is 1. The Balaban J connectivity index is 2.33. The second-order valence-electron chi connectivity index (χ2n) is 6.71. The molecular formula is C20H26O7S2. The minimum Gasteiger partial charge on any atom is -0.497 e. The Bertz CT molecular complexity index is 986. The van der Waals surface area contributed by atoms with Gasteiger partial charge in [-0.2, -0.15) is 16.8 Å². The zero-order valence-corrected chi connectivity index (χ0v) is 18.3. The lowest BCUT2D eigenvalue weighted by Crippen LogP contribution is -2.23. The average molecular weight is 443 g/mol. The first-order valence-electron chi connectivity index (χ1n) is 8.99. The van der Waals surface area contributed by atoms with E-state index in [9.17, 15) is 16.8 Å². The van der Waals surface area contributed by atoms with Crippen LogP contribution in [0.4, 0.5) is 0 Å². The van der Waals surface area contributed by atoms with Crippen LogP contribution in [0.2, 0.25) is 0 Å². The molecule has 0 spiro atoms. The molecule has 7 nitrogen and oxygen atoms in total. The summed E-state index contributed by atoms with van der Waals surface area (Å²) in [4.78, 5) is 0. The van der Waals surface area contributed by atoms with Gasteiger partial charge in [0, 0.05) is 5.92 Å². The van der Waals surface area contributed by atoms with Gasteiger partial charge in [-0.15, -0.1) is 0 Å². The minimum atomic E-state index is -3.74. The van der Waals surface area contributed by atoms with Gasteiger partial charge in [0.25, 0.3) is 20.2 Å². The zero-order chi connectivity index (χ0) is 21.5. The summed E-state index contributed by atoms with van der Waals surface area (Å²) in [7, 11) is -5.79. The highest BCUT2D eigenvalue weighted by molar-refractivity contribution is 7.86. The first kappa shape index (κ1) is 23.3. The molecule has 160 valence electrons. The standard InChI is InChI=1S/C20H26O7S2/c1-25-18-11-7-10-17(14-18)20(16-8-5-4-6-9-16)15-19(27-29(3,23)24)12-13-26-28(2,21)22/h4-11,14,19-20H,12-13,15H2,1-3H3. The molecule has 0 aromatic heterocycles. The number of hydrogen-bond donors (Lipinski definition) is 0. The molecule has 2 aromatic carbocycles. The van der Waals surface area contributed by atoms with Crippen LogP contribution >= 0.6 is 0 Å². The highest BCUT2D eigenvalue weighted by atomic mass is 32.2. The summed E-state index contributed by atoms with van der Waals surface area (Å²) < 4.78 is 61.3. The van der Waals surface area contributed by atoms with Crippen LogP contribution in [0.3, 0.4) is 0 Å². The highest BCUT2D eigenvalue weighted by Gasteiger charge is 2.24. The molecule has 2 atom stereocenters. The third-order valence-corrected chi connectivity index (χ3v) is 5.46. The van der Waals surface area contributed by atoms with Crippen LogP contribution in [0.5, 0.6) is 5.75 Å². The Morgan fingerprint density at radius 1 is 0.862 bits per heavy atom. The molecule has 0 aliphatic carbocycles. The molecule has 0 aliphatic heterocycles. The van der Waals surface area contributed by atoms with Crippen molar-refractivity contribution in [2.24, 2.45) is 0 Å². The molecule has 29 heavy (non-hydrogen) atoms. The first-order valence-corrected chi connectivity index (χ1v) is 12.6. The second-order valence-corrected chi connectivity index (χ2v) is 9.96. The SMILES string of the molecule is COc1cccc(C(CC(CCOS(C)(=O)=O)OS(C)(=O)=O)c2ccccc2)c1. The summed E-state index contributed by atoms with van der Waals surface area (Å²) in [6.45, 7) is -0.168. The fourth-order valence-electron chi connectivity index (χ4n) is 3.05. The lowest BCUT2D eigenvalue weighted by atomic mass is 9.86. The number of methoxy groups -OCH3 is 1. The van der Waals surface area contributed by atoms with E-state index in [2.05, 4.69) is 0 Å². The van der Waals surface area contributed by atoms with Crippen molar-refractivity contribution in [1.82, 2.24) is 0 Å². The van der Waals surface area contributed by atoms with Crippen LogP contribution in [0, 0.1) is 0 Å². The van der Waals surface area contributed by atoms with Crippen LogP contribution in [0.25, 0.3) is 0 Å². The zero-order valence-electron chi connectivity index (χ0n) is 16.6. The molecule has 0 saturated heterocycles. The maximum atomic E-state index is 11.8. The van der Waals surface area contributed by atoms with Gasteiger partial charge < -0.3 is 4.74 Å². The molecule has 2 aromatic rings. The van der Waals surface area contributed by atoms with Gasteiger partial charge in [-0.1, -0.05) is 42.5 Å². The lowest BCUT2D eigenvalue weighted by Gasteiger charge is -2.24. The smallest absolute Gasteiger partial charge is 0.264 e. The lowest BCUT2D eigenvalue weighted by molar-refractivity contribution is 0.159. The van der Waals surface area contributed by atoms with E-state index in [0.717, 1.165) is 23.6 Å². The van der Waals surface area contributed by atoms with E-state index in [-0.39, 0.29) is 18.9 Å². The van der Waals surface area contributed by atoms with Crippen LogP contribution < -0.4 is 4.74 Å². The van der Waals surface area contributed by atoms with Crippen molar-refractivity contribution in [1.29, 1.82) is 0 Å². The highest BCUT2D eigenvalue weighted by Crippen LogP contribution is 2.33. The van der Waals surface area contributed by atoms with Gasteiger partial charge in [0.2, 0.25) is 0 Å². The van der Waals surface area contributed by atoms with E-state index in [0.29, 0.717) is 12.2 Å². The second kappa shape index (κ2) is 10.2. The first-order chi connectivity index (χ1) is 13.6. The predicted octanol–water partition coefficient (Wildman–Crippen LogP) is 2.93. The van der Waals surface area contributed by atoms with Crippen LogP contribution in [0.15, 0.2) is 54.6 Å². The monoisotopic (exact) mass is 442 g/mol. The largest absolute Gasteiger partial charge is 0.497 e. The van der Waals surface area contributed by atoms with Crippen molar-refractivity contribution in [3.8, 4) is 5.75 Å². The predicted molar refractivity (Wildman–Crippen MR) is 111 cm³/mol. The molecule has 0 bridgehead atoms. The summed E-state index contributed by atoms with van der Waals surface area (Å²) in [6.07, 6.45) is 1.58. The van der Waals surface area contributed by atoms with Crippen molar-refractivity contribution < 1.29 is 29.9 Å². The molecule has 9 heteroatoms. The fraction of sp³-hybridized carbons (Fsp3) is 0.400. The molecular weight excluding hydrogens is 416 g/mol. The summed E-state index contributed by atoms with van der Waals surface area (Å²) in [5.74, 6) is 0.501. The third kappa shape index (κ3) is 8.53. The van der Waals surface area contributed by atoms with Crippen molar-refractivity contribution in [3.63, 3.8) is 0 Å².